The molecule has 0 atom stereocenters. The average molecular weight is 374 g/mol. The maximum Gasteiger partial charge on any atom is 0.157 e. The highest BCUT2D eigenvalue weighted by Gasteiger charge is 2.23. The van der Waals surface area contributed by atoms with Gasteiger partial charge in [0.25, 0.3) is 0 Å². The maximum atomic E-state index is 4.95. The fraction of sp³-hybridized carbons (Fsp3) is 0.348. The third-order valence-electron chi connectivity index (χ3n) is 5.58. The van der Waals surface area contributed by atoms with E-state index in [0.717, 1.165) is 52.4 Å². The van der Waals surface area contributed by atoms with Gasteiger partial charge >= 0.3 is 0 Å². The quantitative estimate of drug-likeness (QED) is 0.476. The van der Waals surface area contributed by atoms with E-state index >= 15 is 0 Å². The number of rotatable bonds is 5. The topological polar surface area (TPSA) is 48.0 Å². The molecule has 0 N–H and O–H groups in total. The van der Waals surface area contributed by atoms with Crippen molar-refractivity contribution in [1.29, 1.82) is 0 Å². The number of imidazole rings is 1. The van der Waals surface area contributed by atoms with E-state index < -0.39 is 0 Å². The van der Waals surface area contributed by atoms with Gasteiger partial charge in [-0.05, 0) is 38.7 Å². The van der Waals surface area contributed by atoms with E-state index in [1.54, 1.807) is 0 Å². The van der Waals surface area contributed by atoms with Crippen LogP contribution >= 0.6 is 0 Å². The molecule has 0 radical (unpaired) electrons. The Morgan fingerprint density at radius 3 is 2.39 bits per heavy atom. The number of hydrogen-bond donors (Lipinski definition) is 0. The second kappa shape index (κ2) is 7.23. The van der Waals surface area contributed by atoms with Crippen LogP contribution < -0.4 is 0 Å². The van der Waals surface area contributed by atoms with Crippen molar-refractivity contribution in [2.24, 2.45) is 7.05 Å². The Labute approximate surface area is 166 Å². The Hall–Kier alpha value is -2.95. The smallest absolute Gasteiger partial charge is 0.157 e. The van der Waals surface area contributed by atoms with E-state index in [-0.39, 0.29) is 0 Å². The first-order valence-electron chi connectivity index (χ1n) is 9.99. The lowest BCUT2D eigenvalue weighted by molar-refractivity contribution is 0.638. The summed E-state index contributed by atoms with van der Waals surface area (Å²) in [5.74, 6) is 0.487. The molecular formula is C23H27N5. The highest BCUT2D eigenvalue weighted by atomic mass is 15.3. The first-order chi connectivity index (χ1) is 13.5. The standard InChI is InChI=1S/C23H27N5/c1-6-17(7-2)19-13-15(3)26-28-21(16(4)25-23(19)28)20-14-24-27(5)22(20)18-11-9-8-10-12-18/h8-14,17H,6-7H2,1-5H3. The van der Waals surface area contributed by atoms with Crippen molar-refractivity contribution in [2.45, 2.75) is 46.5 Å². The van der Waals surface area contributed by atoms with Crippen LogP contribution in [-0.4, -0.2) is 24.4 Å². The van der Waals surface area contributed by atoms with E-state index in [1.807, 2.05) is 28.5 Å². The van der Waals surface area contributed by atoms with Crippen LogP contribution in [0.2, 0.25) is 0 Å². The third kappa shape index (κ3) is 2.91. The SMILES string of the molecule is CCC(CC)c1cc(C)nn2c(-c3cnn(C)c3-c3ccccc3)c(C)nc12. The second-order valence-electron chi connectivity index (χ2n) is 7.43. The van der Waals surface area contributed by atoms with E-state index in [1.165, 1.54) is 5.56 Å². The summed E-state index contributed by atoms with van der Waals surface area (Å²) in [6.07, 6.45) is 4.12. The van der Waals surface area contributed by atoms with Gasteiger partial charge in [0, 0.05) is 23.7 Å². The molecule has 0 bridgehead atoms. The van der Waals surface area contributed by atoms with Gasteiger partial charge in [-0.15, -0.1) is 0 Å². The number of benzene rings is 1. The van der Waals surface area contributed by atoms with Gasteiger partial charge in [-0.25, -0.2) is 9.50 Å². The van der Waals surface area contributed by atoms with Crippen molar-refractivity contribution in [3.05, 3.63) is 59.5 Å². The molecule has 0 saturated heterocycles. The minimum Gasteiger partial charge on any atom is -0.267 e. The van der Waals surface area contributed by atoms with Crippen molar-refractivity contribution in [3.63, 3.8) is 0 Å². The molecule has 0 amide bonds. The Bertz CT molecular complexity index is 1120. The largest absolute Gasteiger partial charge is 0.267 e. The van der Waals surface area contributed by atoms with Crippen LogP contribution in [0, 0.1) is 13.8 Å². The lowest BCUT2D eigenvalue weighted by Crippen LogP contribution is -2.05. The summed E-state index contributed by atoms with van der Waals surface area (Å²) in [5, 5.41) is 9.40. The number of hydrogen-bond acceptors (Lipinski definition) is 3. The van der Waals surface area contributed by atoms with Crippen LogP contribution in [0.1, 0.15) is 49.6 Å². The highest BCUT2D eigenvalue weighted by molar-refractivity contribution is 5.81. The monoisotopic (exact) mass is 373 g/mol. The van der Waals surface area contributed by atoms with Crippen molar-refractivity contribution >= 4 is 5.65 Å². The fourth-order valence-corrected chi connectivity index (χ4v) is 4.17. The summed E-state index contributed by atoms with van der Waals surface area (Å²) >= 11 is 0. The predicted molar refractivity (Wildman–Crippen MR) is 113 cm³/mol. The van der Waals surface area contributed by atoms with E-state index in [4.69, 9.17) is 10.1 Å². The van der Waals surface area contributed by atoms with Crippen LogP contribution in [0.3, 0.4) is 0 Å². The molecule has 3 aromatic heterocycles. The van der Waals surface area contributed by atoms with Gasteiger partial charge in [-0.2, -0.15) is 10.2 Å². The maximum absolute atomic E-state index is 4.95. The molecule has 1 aromatic carbocycles. The molecule has 28 heavy (non-hydrogen) atoms. The first-order valence-corrected chi connectivity index (χ1v) is 9.99. The molecule has 0 fully saturated rings. The molecule has 0 aliphatic rings. The second-order valence-corrected chi connectivity index (χ2v) is 7.43. The van der Waals surface area contributed by atoms with Crippen molar-refractivity contribution in [3.8, 4) is 22.5 Å². The minimum atomic E-state index is 0.487. The van der Waals surface area contributed by atoms with E-state index in [0.29, 0.717) is 5.92 Å². The van der Waals surface area contributed by atoms with Crippen LogP contribution in [0.15, 0.2) is 42.6 Å². The Balaban J connectivity index is 2.01. The lowest BCUT2D eigenvalue weighted by atomic mass is 9.95. The van der Waals surface area contributed by atoms with Gasteiger partial charge in [0.2, 0.25) is 0 Å². The molecule has 0 aliphatic heterocycles. The first kappa shape index (κ1) is 18.4. The van der Waals surface area contributed by atoms with Crippen LogP contribution in [0.25, 0.3) is 28.2 Å². The molecule has 0 aliphatic carbocycles. The van der Waals surface area contributed by atoms with Gasteiger partial charge in [0.1, 0.15) is 0 Å². The predicted octanol–water partition coefficient (Wildman–Crippen LogP) is 5.32. The molecule has 4 rings (SSSR count). The van der Waals surface area contributed by atoms with Crippen LogP contribution in [0.4, 0.5) is 0 Å². The molecule has 0 spiro atoms. The van der Waals surface area contributed by atoms with Gasteiger partial charge in [-0.1, -0.05) is 44.2 Å². The van der Waals surface area contributed by atoms with E-state index in [2.05, 4.69) is 63.1 Å². The molecule has 0 saturated carbocycles. The van der Waals surface area contributed by atoms with E-state index in [9.17, 15) is 0 Å². The van der Waals surface area contributed by atoms with Gasteiger partial charge in [-0.3, -0.25) is 4.68 Å². The summed E-state index contributed by atoms with van der Waals surface area (Å²) < 4.78 is 3.96. The average Bonchev–Trinajstić information content (AvgIpc) is 3.22. The summed E-state index contributed by atoms with van der Waals surface area (Å²) in [6, 6.07) is 12.6. The van der Waals surface area contributed by atoms with Crippen molar-refractivity contribution in [2.75, 3.05) is 0 Å². The number of nitrogens with zero attached hydrogens (tertiary/aromatic N) is 5. The summed E-state index contributed by atoms with van der Waals surface area (Å²) in [5.41, 5.74) is 8.56. The summed E-state index contributed by atoms with van der Waals surface area (Å²) in [4.78, 5) is 4.95. The molecule has 144 valence electrons. The lowest BCUT2D eigenvalue weighted by Gasteiger charge is -2.15. The molecule has 5 heteroatoms. The molecule has 4 aromatic rings. The zero-order valence-electron chi connectivity index (χ0n) is 17.3. The number of aryl methyl sites for hydroxylation is 3. The van der Waals surface area contributed by atoms with Gasteiger partial charge in [0.15, 0.2) is 5.65 Å². The third-order valence-corrected chi connectivity index (χ3v) is 5.58. The minimum absolute atomic E-state index is 0.487. The molecule has 5 nitrogen and oxygen atoms in total. The Morgan fingerprint density at radius 2 is 1.71 bits per heavy atom. The zero-order chi connectivity index (χ0) is 19.8. The van der Waals surface area contributed by atoms with Crippen LogP contribution in [0.5, 0.6) is 0 Å². The van der Waals surface area contributed by atoms with Crippen LogP contribution in [-0.2, 0) is 7.05 Å². The Morgan fingerprint density at radius 1 is 1.00 bits per heavy atom. The van der Waals surface area contributed by atoms with Crippen molar-refractivity contribution < 1.29 is 0 Å². The Kier molecular flexibility index (Phi) is 4.75. The highest BCUT2D eigenvalue weighted by Crippen LogP contribution is 2.36. The molecule has 3 heterocycles. The fourth-order valence-electron chi connectivity index (χ4n) is 4.17. The summed E-state index contributed by atoms with van der Waals surface area (Å²) in [7, 11) is 1.98. The van der Waals surface area contributed by atoms with Gasteiger partial charge < -0.3 is 0 Å². The molecular weight excluding hydrogens is 346 g/mol. The van der Waals surface area contributed by atoms with Gasteiger partial charge in [0.05, 0.1) is 29.0 Å². The zero-order valence-corrected chi connectivity index (χ0v) is 17.3. The summed E-state index contributed by atoms with van der Waals surface area (Å²) in [6.45, 7) is 8.61. The number of aromatic nitrogens is 5. The normalized spacial score (nSPS) is 11.6. The number of fused-ring (bicyclic) bond motifs is 1. The van der Waals surface area contributed by atoms with Crippen molar-refractivity contribution in [1.82, 2.24) is 24.4 Å². The molecule has 0 unspecified atom stereocenters.